The Hall–Kier alpha value is -4.19. The molecule has 1 aliphatic heterocycles. The van der Waals surface area contributed by atoms with Crippen LogP contribution < -0.4 is 10.6 Å². The molecule has 0 spiro atoms. The Labute approximate surface area is 217 Å². The average molecular weight is 493 g/mol. The van der Waals surface area contributed by atoms with Crippen molar-refractivity contribution in [1.82, 2.24) is 0 Å². The first-order valence-corrected chi connectivity index (χ1v) is 14.3. The highest BCUT2D eigenvalue weighted by atomic mass is 31.2. The van der Waals surface area contributed by atoms with Crippen LogP contribution in [0, 0.1) is 6.92 Å². The molecule has 37 heavy (non-hydrogen) atoms. The molecule has 1 atom stereocenters. The number of fused-ring (bicyclic) bond motifs is 4. The second-order valence-electron chi connectivity index (χ2n) is 9.78. The van der Waals surface area contributed by atoms with E-state index >= 15 is 4.57 Å². The second-order valence-corrected chi connectivity index (χ2v) is 12.4. The van der Waals surface area contributed by atoms with Crippen molar-refractivity contribution < 1.29 is 4.57 Å². The van der Waals surface area contributed by atoms with Gasteiger partial charge in [0.1, 0.15) is 0 Å². The first-order chi connectivity index (χ1) is 18.1. The van der Waals surface area contributed by atoms with Crippen molar-refractivity contribution in [2.24, 2.45) is 0 Å². The van der Waals surface area contributed by atoms with Crippen LogP contribution in [0.4, 0.5) is 0 Å². The zero-order valence-electron chi connectivity index (χ0n) is 20.6. The molecular weight excluding hydrogens is 467 g/mol. The minimum atomic E-state index is -3.21. The predicted molar refractivity (Wildman–Crippen MR) is 158 cm³/mol. The van der Waals surface area contributed by atoms with Gasteiger partial charge in [-0.1, -0.05) is 133 Å². The van der Waals surface area contributed by atoms with E-state index in [9.17, 15) is 0 Å². The summed E-state index contributed by atoms with van der Waals surface area (Å²) in [6.45, 7) is 2.09. The molecule has 0 fully saturated rings. The maximum Gasteiger partial charge on any atom is 0.173 e. The van der Waals surface area contributed by atoms with E-state index in [0.717, 1.165) is 49.0 Å². The first-order valence-electron chi connectivity index (χ1n) is 12.6. The third-order valence-electron chi connectivity index (χ3n) is 7.52. The highest BCUT2D eigenvalue weighted by molar-refractivity contribution is 7.89. The monoisotopic (exact) mass is 492 g/mol. The fourth-order valence-electron chi connectivity index (χ4n) is 5.76. The lowest BCUT2D eigenvalue weighted by Crippen LogP contribution is -2.16. The molecule has 6 aromatic carbocycles. The normalized spacial score (nSPS) is 16.9. The standard InChI is InChI=1S/C35H25OP/c1-24-15-17-27(18-16-24)34-33(29-20-19-25-9-5-6-11-28(25)23-29)32-22-21-26-10-7-8-14-31(26)35(32)37(34,36)30-12-3-2-4-13-30/h2-23H,1H3. The van der Waals surface area contributed by atoms with Gasteiger partial charge in [-0.15, -0.1) is 0 Å². The predicted octanol–water partition coefficient (Wildman–Crippen LogP) is 8.55. The van der Waals surface area contributed by atoms with E-state index in [4.69, 9.17) is 0 Å². The summed E-state index contributed by atoms with van der Waals surface area (Å²) in [7, 11) is -3.21. The Morgan fingerprint density at radius 3 is 1.95 bits per heavy atom. The van der Waals surface area contributed by atoms with Crippen LogP contribution >= 0.6 is 7.14 Å². The molecule has 6 aromatic rings. The van der Waals surface area contributed by atoms with Crippen LogP contribution in [0.1, 0.15) is 22.3 Å². The molecule has 2 heteroatoms. The summed E-state index contributed by atoms with van der Waals surface area (Å²) in [5.41, 5.74) is 5.44. The van der Waals surface area contributed by atoms with Gasteiger partial charge in [-0.05, 0) is 51.2 Å². The van der Waals surface area contributed by atoms with Crippen molar-refractivity contribution in [3.8, 4) is 0 Å². The summed E-state index contributed by atoms with van der Waals surface area (Å²) >= 11 is 0. The van der Waals surface area contributed by atoms with E-state index in [1.807, 2.05) is 30.3 Å². The molecule has 1 heterocycles. The van der Waals surface area contributed by atoms with E-state index in [-0.39, 0.29) is 0 Å². The van der Waals surface area contributed by atoms with E-state index < -0.39 is 7.14 Å². The minimum absolute atomic E-state index is 0.874. The number of benzene rings is 6. The summed E-state index contributed by atoms with van der Waals surface area (Å²) in [6.07, 6.45) is 0. The van der Waals surface area contributed by atoms with Crippen LogP contribution in [0.5, 0.6) is 0 Å². The lowest BCUT2D eigenvalue weighted by molar-refractivity contribution is 0.593. The van der Waals surface area contributed by atoms with Crippen LogP contribution in [-0.2, 0) is 4.57 Å². The summed E-state index contributed by atoms with van der Waals surface area (Å²) in [6, 6.07) is 46.3. The van der Waals surface area contributed by atoms with E-state index in [2.05, 4.69) is 110 Å². The number of hydrogen-bond acceptors (Lipinski definition) is 1. The minimum Gasteiger partial charge on any atom is -0.309 e. The molecule has 0 saturated heterocycles. The van der Waals surface area contributed by atoms with Crippen molar-refractivity contribution in [3.05, 3.63) is 156 Å². The maximum absolute atomic E-state index is 15.9. The van der Waals surface area contributed by atoms with Crippen LogP contribution in [0.3, 0.4) is 0 Å². The third kappa shape index (κ3) is 3.35. The highest BCUT2D eigenvalue weighted by Gasteiger charge is 2.44. The molecule has 0 radical (unpaired) electrons. The average Bonchev–Trinajstić information content (AvgIpc) is 3.23. The summed E-state index contributed by atoms with van der Waals surface area (Å²) < 4.78 is 15.9. The SMILES string of the molecule is Cc1ccc(C2=C(c3ccc4ccccc4c3)c3ccc4ccccc4c3P2(=O)c2ccccc2)cc1. The summed E-state index contributed by atoms with van der Waals surface area (Å²) in [4.78, 5) is 0. The van der Waals surface area contributed by atoms with Crippen LogP contribution in [0.15, 0.2) is 133 Å². The van der Waals surface area contributed by atoms with Crippen molar-refractivity contribution >= 4 is 50.2 Å². The number of aryl methyl sites for hydroxylation is 1. The van der Waals surface area contributed by atoms with Crippen LogP contribution in [-0.4, -0.2) is 0 Å². The summed E-state index contributed by atoms with van der Waals surface area (Å²) in [5.74, 6) is 0. The molecule has 7 rings (SSSR count). The molecule has 176 valence electrons. The van der Waals surface area contributed by atoms with Gasteiger partial charge in [0.15, 0.2) is 7.14 Å². The quantitative estimate of drug-likeness (QED) is 0.226. The molecular formula is C35H25OP. The van der Waals surface area contributed by atoms with Gasteiger partial charge in [0, 0.05) is 21.5 Å². The van der Waals surface area contributed by atoms with Crippen LogP contribution in [0.25, 0.3) is 32.4 Å². The fourth-order valence-corrected chi connectivity index (χ4v) is 9.24. The van der Waals surface area contributed by atoms with Gasteiger partial charge in [-0.25, -0.2) is 0 Å². The largest absolute Gasteiger partial charge is 0.309 e. The van der Waals surface area contributed by atoms with Crippen molar-refractivity contribution in [1.29, 1.82) is 0 Å². The molecule has 0 aromatic heterocycles. The zero-order valence-corrected chi connectivity index (χ0v) is 21.5. The molecule has 0 amide bonds. The molecule has 0 aliphatic carbocycles. The first kappa shape index (κ1) is 22.0. The van der Waals surface area contributed by atoms with Gasteiger partial charge in [-0.3, -0.25) is 0 Å². The molecule has 1 nitrogen and oxygen atoms in total. The van der Waals surface area contributed by atoms with Gasteiger partial charge in [0.2, 0.25) is 0 Å². The van der Waals surface area contributed by atoms with E-state index in [1.165, 1.54) is 16.3 Å². The number of rotatable bonds is 3. The fraction of sp³-hybridized carbons (Fsp3) is 0.0286. The second kappa shape index (κ2) is 8.44. The highest BCUT2D eigenvalue weighted by Crippen LogP contribution is 2.66. The zero-order chi connectivity index (χ0) is 25.0. The lowest BCUT2D eigenvalue weighted by Gasteiger charge is -2.21. The Bertz CT molecular complexity index is 1900. The summed E-state index contributed by atoms with van der Waals surface area (Å²) in [5, 5.41) is 7.31. The van der Waals surface area contributed by atoms with E-state index in [1.54, 1.807) is 0 Å². The van der Waals surface area contributed by atoms with Crippen LogP contribution in [0.2, 0.25) is 0 Å². The molecule has 0 saturated carbocycles. The van der Waals surface area contributed by atoms with Crippen molar-refractivity contribution in [2.75, 3.05) is 0 Å². The number of hydrogen-bond donors (Lipinski definition) is 0. The van der Waals surface area contributed by atoms with Gasteiger partial charge >= 0.3 is 0 Å². The Morgan fingerprint density at radius 1 is 0.541 bits per heavy atom. The molecule has 0 bridgehead atoms. The Morgan fingerprint density at radius 2 is 1.16 bits per heavy atom. The Kier molecular flexibility index (Phi) is 5.03. The Balaban J connectivity index is 1.66. The van der Waals surface area contributed by atoms with Gasteiger partial charge in [0.05, 0.1) is 0 Å². The lowest BCUT2D eigenvalue weighted by atomic mass is 9.92. The molecule has 0 N–H and O–H groups in total. The van der Waals surface area contributed by atoms with Crippen molar-refractivity contribution in [3.63, 3.8) is 0 Å². The third-order valence-corrected chi connectivity index (χ3v) is 10.8. The van der Waals surface area contributed by atoms with Gasteiger partial charge in [-0.2, -0.15) is 0 Å². The van der Waals surface area contributed by atoms with Gasteiger partial charge in [0.25, 0.3) is 0 Å². The molecule has 1 aliphatic rings. The maximum atomic E-state index is 15.9. The van der Waals surface area contributed by atoms with Crippen molar-refractivity contribution in [2.45, 2.75) is 6.92 Å². The van der Waals surface area contributed by atoms with Gasteiger partial charge < -0.3 is 4.57 Å². The topological polar surface area (TPSA) is 17.1 Å². The van der Waals surface area contributed by atoms with E-state index in [0.29, 0.717) is 0 Å². The molecule has 1 unspecified atom stereocenters. The smallest absolute Gasteiger partial charge is 0.173 e.